The first-order chi connectivity index (χ1) is 12.7. The van der Waals surface area contributed by atoms with Gasteiger partial charge in [-0.2, -0.15) is 0 Å². The fraction of sp³-hybridized carbons (Fsp3) is 0.529. The molecule has 0 bridgehead atoms. The minimum absolute atomic E-state index is 0.254. The molecule has 0 radical (unpaired) electrons. The van der Waals surface area contributed by atoms with Crippen molar-refractivity contribution in [3.05, 3.63) is 17.5 Å². The first-order valence-electron chi connectivity index (χ1n) is 8.90. The number of nitrogens with one attached hydrogen (secondary N) is 2. The fourth-order valence-electron chi connectivity index (χ4n) is 3.10. The van der Waals surface area contributed by atoms with Crippen LogP contribution >= 0.6 is 22.7 Å². The average molecular weight is 392 g/mol. The van der Waals surface area contributed by atoms with Crippen molar-refractivity contribution in [2.75, 3.05) is 25.0 Å². The molecule has 7 nitrogen and oxygen atoms in total. The van der Waals surface area contributed by atoms with E-state index >= 15 is 0 Å². The SMILES string of the molecule is O=C(NCC1CCN(C(=O)C2CC2)CC1)Nc1nnc(-c2cccs2)s1. The van der Waals surface area contributed by atoms with E-state index in [9.17, 15) is 9.59 Å². The van der Waals surface area contributed by atoms with E-state index in [-0.39, 0.29) is 6.03 Å². The normalized spacial score (nSPS) is 17.9. The van der Waals surface area contributed by atoms with Crippen molar-refractivity contribution in [3.8, 4) is 9.88 Å². The first kappa shape index (κ1) is 17.4. The molecule has 1 aliphatic heterocycles. The molecule has 2 aromatic heterocycles. The number of hydrogen-bond donors (Lipinski definition) is 2. The van der Waals surface area contributed by atoms with Crippen LogP contribution in [0.3, 0.4) is 0 Å². The van der Waals surface area contributed by atoms with Crippen molar-refractivity contribution >= 4 is 39.7 Å². The highest BCUT2D eigenvalue weighted by molar-refractivity contribution is 7.23. The zero-order valence-corrected chi connectivity index (χ0v) is 15.9. The highest BCUT2D eigenvalue weighted by Gasteiger charge is 2.34. The summed E-state index contributed by atoms with van der Waals surface area (Å²) in [5.74, 6) is 1.04. The number of rotatable bonds is 5. The molecule has 3 amide bonds. The van der Waals surface area contributed by atoms with E-state index in [1.807, 2.05) is 22.4 Å². The average Bonchev–Trinajstić information content (AvgIpc) is 3.16. The number of aromatic nitrogens is 2. The number of piperidine rings is 1. The van der Waals surface area contributed by atoms with E-state index in [1.165, 1.54) is 11.3 Å². The second-order valence-corrected chi connectivity index (χ2v) is 8.69. The van der Waals surface area contributed by atoms with Gasteiger partial charge in [-0.3, -0.25) is 10.1 Å². The lowest BCUT2D eigenvalue weighted by Gasteiger charge is -2.32. The summed E-state index contributed by atoms with van der Waals surface area (Å²) in [5.41, 5.74) is 0. The van der Waals surface area contributed by atoms with Crippen LogP contribution in [-0.4, -0.2) is 46.7 Å². The summed E-state index contributed by atoms with van der Waals surface area (Å²) in [5, 5.41) is 17.1. The number of anilines is 1. The van der Waals surface area contributed by atoms with E-state index < -0.39 is 0 Å². The van der Waals surface area contributed by atoms with Gasteiger partial charge in [0.25, 0.3) is 0 Å². The number of nitrogens with zero attached hydrogens (tertiary/aromatic N) is 3. The van der Waals surface area contributed by atoms with Gasteiger partial charge in [0.05, 0.1) is 4.88 Å². The lowest BCUT2D eigenvalue weighted by molar-refractivity contribution is -0.133. The van der Waals surface area contributed by atoms with Crippen molar-refractivity contribution < 1.29 is 9.59 Å². The molecule has 2 aliphatic rings. The van der Waals surface area contributed by atoms with E-state index in [4.69, 9.17) is 0 Å². The maximum absolute atomic E-state index is 12.1. The van der Waals surface area contributed by atoms with Crippen LogP contribution < -0.4 is 10.6 Å². The van der Waals surface area contributed by atoms with Crippen molar-refractivity contribution in [2.45, 2.75) is 25.7 Å². The van der Waals surface area contributed by atoms with Gasteiger partial charge in [0, 0.05) is 25.6 Å². The molecule has 1 aliphatic carbocycles. The Kier molecular flexibility index (Phi) is 5.16. The monoisotopic (exact) mass is 391 g/mol. The fourth-order valence-corrected chi connectivity index (χ4v) is 4.63. The Balaban J connectivity index is 1.19. The number of likely N-dealkylation sites (tertiary alicyclic amines) is 1. The molecule has 2 aromatic rings. The second kappa shape index (κ2) is 7.71. The Hall–Kier alpha value is -2.00. The van der Waals surface area contributed by atoms with Gasteiger partial charge in [-0.05, 0) is 43.0 Å². The Morgan fingerprint density at radius 3 is 2.69 bits per heavy atom. The molecule has 4 rings (SSSR count). The summed E-state index contributed by atoms with van der Waals surface area (Å²) in [4.78, 5) is 27.2. The molecule has 1 saturated carbocycles. The first-order valence-corrected chi connectivity index (χ1v) is 10.6. The molecule has 0 atom stereocenters. The zero-order chi connectivity index (χ0) is 17.9. The summed E-state index contributed by atoms with van der Waals surface area (Å²) >= 11 is 2.96. The number of hydrogen-bond acceptors (Lipinski definition) is 6. The Labute approximate surface area is 159 Å². The van der Waals surface area contributed by atoms with Crippen molar-refractivity contribution in [3.63, 3.8) is 0 Å². The Bertz CT molecular complexity index is 764. The minimum atomic E-state index is -0.254. The van der Waals surface area contributed by atoms with Gasteiger partial charge in [0.1, 0.15) is 0 Å². The van der Waals surface area contributed by atoms with Crippen molar-refractivity contribution in [1.82, 2.24) is 20.4 Å². The van der Waals surface area contributed by atoms with Crippen LogP contribution in [0, 0.1) is 11.8 Å². The highest BCUT2D eigenvalue weighted by Crippen LogP contribution is 2.32. The van der Waals surface area contributed by atoms with Gasteiger partial charge in [0.15, 0.2) is 5.01 Å². The zero-order valence-electron chi connectivity index (χ0n) is 14.3. The van der Waals surface area contributed by atoms with Gasteiger partial charge in [-0.25, -0.2) is 4.79 Å². The largest absolute Gasteiger partial charge is 0.342 e. The lowest BCUT2D eigenvalue weighted by Crippen LogP contribution is -2.42. The number of carbonyl (C=O) groups is 2. The third-order valence-electron chi connectivity index (χ3n) is 4.78. The molecule has 9 heteroatoms. The Morgan fingerprint density at radius 1 is 1.19 bits per heavy atom. The topological polar surface area (TPSA) is 87.2 Å². The number of carbonyl (C=O) groups excluding carboxylic acids is 2. The molecule has 0 aromatic carbocycles. The molecule has 2 fully saturated rings. The quantitative estimate of drug-likeness (QED) is 0.820. The van der Waals surface area contributed by atoms with E-state index in [0.717, 1.165) is 48.7 Å². The van der Waals surface area contributed by atoms with Gasteiger partial charge < -0.3 is 10.2 Å². The molecule has 138 valence electrons. The number of thiophene rings is 1. The van der Waals surface area contributed by atoms with Crippen molar-refractivity contribution in [2.24, 2.45) is 11.8 Å². The van der Waals surface area contributed by atoms with Gasteiger partial charge >= 0.3 is 6.03 Å². The summed E-state index contributed by atoms with van der Waals surface area (Å²) in [7, 11) is 0. The van der Waals surface area contributed by atoms with Gasteiger partial charge in [0.2, 0.25) is 11.0 Å². The predicted molar refractivity (Wildman–Crippen MR) is 102 cm³/mol. The predicted octanol–water partition coefficient (Wildman–Crippen LogP) is 3.04. The van der Waals surface area contributed by atoms with Crippen LogP contribution in [0.4, 0.5) is 9.93 Å². The molecular formula is C17H21N5O2S2. The molecule has 0 unspecified atom stereocenters. The van der Waals surface area contributed by atoms with Crippen LogP contribution in [-0.2, 0) is 4.79 Å². The molecule has 2 N–H and O–H groups in total. The summed E-state index contributed by atoms with van der Waals surface area (Å²) in [6.45, 7) is 2.24. The van der Waals surface area contributed by atoms with Crippen LogP contribution in [0.5, 0.6) is 0 Å². The molecule has 3 heterocycles. The smallest absolute Gasteiger partial charge is 0.321 e. The van der Waals surface area contributed by atoms with E-state index in [2.05, 4.69) is 20.8 Å². The molecule has 26 heavy (non-hydrogen) atoms. The number of amides is 3. The minimum Gasteiger partial charge on any atom is -0.342 e. The molecule has 1 saturated heterocycles. The summed E-state index contributed by atoms with van der Waals surface area (Å²) in [6.07, 6.45) is 4.00. The third kappa shape index (κ3) is 4.21. The van der Waals surface area contributed by atoms with Crippen LogP contribution in [0.15, 0.2) is 17.5 Å². The van der Waals surface area contributed by atoms with Crippen LogP contribution in [0.1, 0.15) is 25.7 Å². The van der Waals surface area contributed by atoms with Crippen LogP contribution in [0.2, 0.25) is 0 Å². The van der Waals surface area contributed by atoms with Crippen molar-refractivity contribution in [1.29, 1.82) is 0 Å². The standard InChI is InChI=1S/C17H21N5O2S2/c23-15(12-3-4-12)22-7-5-11(6-8-22)10-18-16(24)19-17-21-20-14(26-17)13-2-1-9-25-13/h1-2,9,11-12H,3-8,10H2,(H2,18,19,21,24). The number of urea groups is 1. The van der Waals surface area contributed by atoms with E-state index in [1.54, 1.807) is 11.3 Å². The summed E-state index contributed by atoms with van der Waals surface area (Å²) in [6, 6.07) is 3.69. The lowest BCUT2D eigenvalue weighted by atomic mass is 9.96. The van der Waals surface area contributed by atoms with Gasteiger partial charge in [-0.15, -0.1) is 21.5 Å². The van der Waals surface area contributed by atoms with Crippen LogP contribution in [0.25, 0.3) is 9.88 Å². The molecular weight excluding hydrogens is 370 g/mol. The highest BCUT2D eigenvalue weighted by atomic mass is 32.1. The molecule has 0 spiro atoms. The Morgan fingerprint density at radius 2 is 2.00 bits per heavy atom. The summed E-state index contributed by atoms with van der Waals surface area (Å²) < 4.78 is 0. The maximum Gasteiger partial charge on any atom is 0.321 e. The van der Waals surface area contributed by atoms with Gasteiger partial charge in [-0.1, -0.05) is 17.4 Å². The third-order valence-corrected chi connectivity index (χ3v) is 6.66. The van der Waals surface area contributed by atoms with E-state index in [0.29, 0.717) is 29.4 Å². The second-order valence-electron chi connectivity index (χ2n) is 6.77. The maximum atomic E-state index is 12.1.